The van der Waals surface area contributed by atoms with Crippen LogP contribution in [0.1, 0.15) is 105 Å². The maximum atomic E-state index is 2.70. The Morgan fingerprint density at radius 1 is 0.306 bits per heavy atom. The fraction of sp³-hybridized carbons (Fsp3) is 0.235. The highest BCUT2D eigenvalue weighted by atomic mass is 15.2. The number of benzene rings is 10. The zero-order valence-corrected chi connectivity index (χ0v) is 44.1. The van der Waals surface area contributed by atoms with Crippen molar-refractivity contribution in [2.45, 2.75) is 105 Å². The normalized spacial score (nSPS) is 14.6. The van der Waals surface area contributed by atoms with Gasteiger partial charge in [-0.2, -0.15) is 0 Å². The van der Waals surface area contributed by atoms with Crippen molar-refractivity contribution in [2.75, 3.05) is 9.80 Å². The molecule has 4 aliphatic heterocycles. The van der Waals surface area contributed by atoms with Gasteiger partial charge in [-0.25, -0.2) is 0 Å². The highest BCUT2D eigenvalue weighted by Crippen LogP contribution is 2.53. The zero-order valence-electron chi connectivity index (χ0n) is 44.1. The standard InChI is InChI=1S/C68H62B2N2/c1-65(2,3)39-31-45-43-35-49(67(7,8)9)47-38-54-60-44(46-32-40(66(4,5)6)34-58-64(46)70(54)52-28-20-22-30-56(52)72(58)42-25-17-14-18-26-42)36-50(68(10,11)12)48-37-53(59(43)61(47)62(48)60)69-51-27-19-21-29-55(51)71(57(33-39)63(45)69)41-23-15-13-16-24-41/h13-38H,1-12H3. The number of nitrogens with zero attached hydrogens (tertiary/aromatic N) is 2. The van der Waals surface area contributed by atoms with Crippen LogP contribution in [0.3, 0.4) is 0 Å². The molecule has 0 saturated carbocycles. The molecule has 2 nitrogen and oxygen atoms in total. The molecule has 0 fully saturated rings. The Balaban J connectivity index is 1.20. The Hall–Kier alpha value is -7.03. The Labute approximate surface area is 427 Å². The van der Waals surface area contributed by atoms with Crippen molar-refractivity contribution in [3.63, 3.8) is 0 Å². The third kappa shape index (κ3) is 5.87. The minimum atomic E-state index is -0.156. The van der Waals surface area contributed by atoms with Crippen molar-refractivity contribution < 1.29 is 0 Å². The van der Waals surface area contributed by atoms with Crippen molar-refractivity contribution in [3.05, 3.63) is 180 Å². The van der Waals surface area contributed by atoms with Crippen LogP contribution in [0.4, 0.5) is 34.1 Å². The second-order valence-electron chi connectivity index (χ2n) is 25.7. The van der Waals surface area contributed by atoms with E-state index in [2.05, 4.69) is 251 Å². The molecule has 10 aromatic carbocycles. The molecule has 4 aliphatic rings. The van der Waals surface area contributed by atoms with E-state index in [1.54, 1.807) is 0 Å². The average Bonchev–Trinajstić information content (AvgIpc) is 3.34. The van der Waals surface area contributed by atoms with Crippen LogP contribution in [-0.4, -0.2) is 13.4 Å². The molecule has 4 heterocycles. The van der Waals surface area contributed by atoms with E-state index in [-0.39, 0.29) is 35.1 Å². The number of hydrogen-bond acceptors (Lipinski definition) is 2. The number of anilines is 6. The van der Waals surface area contributed by atoms with Crippen LogP contribution in [0.2, 0.25) is 0 Å². The van der Waals surface area contributed by atoms with Crippen LogP contribution in [0.5, 0.6) is 0 Å². The smallest absolute Gasteiger partial charge is 0.248 e. The third-order valence-corrected chi connectivity index (χ3v) is 17.1. The van der Waals surface area contributed by atoms with Gasteiger partial charge in [-0.15, -0.1) is 0 Å². The molecule has 72 heavy (non-hydrogen) atoms. The quantitative estimate of drug-likeness (QED) is 0.126. The molecule has 4 heteroatoms. The van der Waals surface area contributed by atoms with Crippen LogP contribution in [-0.2, 0) is 21.7 Å². The van der Waals surface area contributed by atoms with Gasteiger partial charge in [0.05, 0.1) is 0 Å². The summed E-state index contributed by atoms with van der Waals surface area (Å²) in [6.07, 6.45) is 0. The van der Waals surface area contributed by atoms with Crippen LogP contribution in [0.15, 0.2) is 158 Å². The highest BCUT2D eigenvalue weighted by Gasteiger charge is 2.47. The molecule has 0 aromatic heterocycles. The Morgan fingerprint density at radius 2 is 0.667 bits per heavy atom. The van der Waals surface area contributed by atoms with Crippen molar-refractivity contribution in [2.24, 2.45) is 0 Å². The Morgan fingerprint density at radius 3 is 1.03 bits per heavy atom. The number of fused-ring (bicyclic) bond motifs is 8. The van der Waals surface area contributed by atoms with E-state index in [0.717, 1.165) is 0 Å². The molecule has 0 amide bonds. The van der Waals surface area contributed by atoms with Crippen LogP contribution >= 0.6 is 0 Å². The Bertz CT molecular complexity index is 3710. The van der Waals surface area contributed by atoms with E-state index in [1.807, 2.05) is 0 Å². The third-order valence-electron chi connectivity index (χ3n) is 17.1. The van der Waals surface area contributed by atoms with E-state index in [9.17, 15) is 0 Å². The minimum absolute atomic E-state index is 0.0477. The average molecular weight is 929 g/mol. The summed E-state index contributed by atoms with van der Waals surface area (Å²) in [6.45, 7) is 29.1. The maximum absolute atomic E-state index is 2.70. The van der Waals surface area contributed by atoms with Gasteiger partial charge in [-0.3, -0.25) is 0 Å². The lowest BCUT2D eigenvalue weighted by Crippen LogP contribution is -2.60. The number of hydrogen-bond donors (Lipinski definition) is 0. The van der Waals surface area contributed by atoms with Crippen molar-refractivity contribution in [3.8, 4) is 22.3 Å². The van der Waals surface area contributed by atoms with Gasteiger partial charge in [0.25, 0.3) is 0 Å². The van der Waals surface area contributed by atoms with Gasteiger partial charge in [-0.1, -0.05) is 191 Å². The number of para-hydroxylation sites is 4. The zero-order chi connectivity index (χ0) is 49.7. The highest BCUT2D eigenvalue weighted by molar-refractivity contribution is 7.02. The molecule has 0 aliphatic carbocycles. The van der Waals surface area contributed by atoms with Gasteiger partial charge >= 0.3 is 0 Å². The molecule has 0 unspecified atom stereocenters. The minimum Gasteiger partial charge on any atom is -0.311 e. The summed E-state index contributed by atoms with van der Waals surface area (Å²) in [7, 11) is 0. The monoisotopic (exact) mass is 929 g/mol. The molecule has 0 saturated heterocycles. The van der Waals surface area contributed by atoms with Crippen molar-refractivity contribution in [1.82, 2.24) is 0 Å². The molecule has 14 rings (SSSR count). The molecule has 0 radical (unpaired) electrons. The van der Waals surface area contributed by atoms with E-state index in [4.69, 9.17) is 0 Å². The SMILES string of the molecule is CC(C)(C)c1cc2c3c(c1)N(c1ccccc1)c1ccccc1B3c1cc3c(C(C)(C)C)cc4c5c(cc6c(C(C)(C)C)cc-2c1c6c35)B1c2ccccc2N(c2ccccc2)c2cc(C(C)(C)C)cc-4c21. The van der Waals surface area contributed by atoms with Gasteiger partial charge in [0.1, 0.15) is 0 Å². The lowest BCUT2D eigenvalue weighted by atomic mass is 9.31. The second-order valence-corrected chi connectivity index (χ2v) is 25.7. The molecule has 0 bridgehead atoms. The van der Waals surface area contributed by atoms with Gasteiger partial charge in [0.2, 0.25) is 13.4 Å². The van der Waals surface area contributed by atoms with Crippen LogP contribution < -0.4 is 42.6 Å². The summed E-state index contributed by atoms with van der Waals surface area (Å²) in [5, 5.41) is 8.55. The van der Waals surface area contributed by atoms with Gasteiger partial charge in [0.15, 0.2) is 0 Å². The van der Waals surface area contributed by atoms with Crippen LogP contribution in [0, 0.1) is 0 Å². The van der Waals surface area contributed by atoms with E-state index >= 15 is 0 Å². The van der Waals surface area contributed by atoms with Gasteiger partial charge in [0, 0.05) is 34.1 Å². The van der Waals surface area contributed by atoms with Crippen molar-refractivity contribution >= 4 is 113 Å². The largest absolute Gasteiger partial charge is 0.311 e. The summed E-state index contributed by atoms with van der Waals surface area (Å²) < 4.78 is 0. The molecule has 350 valence electrons. The van der Waals surface area contributed by atoms with E-state index < -0.39 is 0 Å². The summed E-state index contributed by atoms with van der Waals surface area (Å²) in [6, 6.07) is 61.7. The van der Waals surface area contributed by atoms with Gasteiger partial charge < -0.3 is 9.80 Å². The van der Waals surface area contributed by atoms with E-state index in [0.29, 0.717) is 0 Å². The van der Waals surface area contributed by atoms with Gasteiger partial charge in [-0.05, 0) is 181 Å². The topological polar surface area (TPSA) is 6.48 Å². The maximum Gasteiger partial charge on any atom is 0.248 e. The fourth-order valence-electron chi connectivity index (χ4n) is 13.8. The molecule has 0 atom stereocenters. The predicted octanol–water partition coefficient (Wildman–Crippen LogP) is 14.3. The van der Waals surface area contributed by atoms with Crippen LogP contribution in [0.25, 0.3) is 54.6 Å². The fourth-order valence-corrected chi connectivity index (χ4v) is 13.8. The van der Waals surface area contributed by atoms with Crippen molar-refractivity contribution in [1.29, 1.82) is 0 Å². The first kappa shape index (κ1) is 43.7. The molecule has 0 N–H and O–H groups in total. The first-order valence-corrected chi connectivity index (χ1v) is 26.4. The lowest BCUT2D eigenvalue weighted by molar-refractivity contribution is 0.590. The molecular weight excluding hydrogens is 866 g/mol. The predicted molar refractivity (Wildman–Crippen MR) is 314 cm³/mol. The summed E-state index contributed by atoms with van der Waals surface area (Å²) in [5.74, 6) is 0. The first-order chi connectivity index (χ1) is 34.3. The summed E-state index contributed by atoms with van der Waals surface area (Å²) >= 11 is 0. The van der Waals surface area contributed by atoms with E-state index in [1.165, 1.54) is 144 Å². The summed E-state index contributed by atoms with van der Waals surface area (Å²) in [5.41, 5.74) is 26.6. The lowest BCUT2D eigenvalue weighted by Gasteiger charge is -2.43. The molecule has 0 spiro atoms. The number of rotatable bonds is 2. The molecular formula is C68H62B2N2. The second kappa shape index (κ2) is 14.3. The Kier molecular flexibility index (Phi) is 8.71. The molecule has 10 aromatic rings. The summed E-state index contributed by atoms with van der Waals surface area (Å²) in [4.78, 5) is 5.13. The first-order valence-electron chi connectivity index (χ1n) is 26.4.